The average molecular weight is 458 g/mol. The maximum Gasteiger partial charge on any atom is 0.322 e. The maximum atomic E-state index is 12.7. The Labute approximate surface area is 189 Å². The van der Waals surface area contributed by atoms with Gasteiger partial charge in [0.2, 0.25) is 5.88 Å². The van der Waals surface area contributed by atoms with Crippen LogP contribution in [0.2, 0.25) is 5.02 Å². The smallest absolute Gasteiger partial charge is 0.322 e. The third kappa shape index (κ3) is 5.31. The van der Waals surface area contributed by atoms with Crippen molar-refractivity contribution in [3.05, 3.63) is 65.6 Å². The van der Waals surface area contributed by atoms with E-state index in [1.807, 2.05) is 18.2 Å². The number of carbonyl (C=O) groups is 1. The molecule has 8 nitrogen and oxygen atoms in total. The number of nitrogens with zero attached hydrogens (tertiary/aromatic N) is 3. The van der Waals surface area contributed by atoms with Crippen LogP contribution < -0.4 is 19.5 Å². The van der Waals surface area contributed by atoms with Gasteiger partial charge < -0.3 is 24.4 Å². The number of halogens is 1. The lowest BCUT2D eigenvalue weighted by atomic mass is 10.2. The fraction of sp³-hybridized carbons (Fsp3) is 0.190. The summed E-state index contributed by atoms with van der Waals surface area (Å²) in [5.41, 5.74) is 2.21. The van der Waals surface area contributed by atoms with Crippen LogP contribution in [0.4, 0.5) is 16.2 Å². The molecular weight excluding hydrogens is 438 g/mol. The van der Waals surface area contributed by atoms with Crippen LogP contribution in [0.25, 0.3) is 0 Å². The van der Waals surface area contributed by atoms with Gasteiger partial charge in [0.15, 0.2) is 0 Å². The van der Waals surface area contributed by atoms with Gasteiger partial charge in [0.25, 0.3) is 0 Å². The molecular formula is C21H20ClN5O3S. The van der Waals surface area contributed by atoms with Crippen molar-refractivity contribution >= 4 is 41.0 Å². The van der Waals surface area contributed by atoms with E-state index in [2.05, 4.69) is 20.0 Å². The van der Waals surface area contributed by atoms with Crippen molar-refractivity contribution in [2.75, 3.05) is 30.3 Å². The van der Waals surface area contributed by atoms with Crippen molar-refractivity contribution in [1.29, 1.82) is 0 Å². The van der Waals surface area contributed by atoms with E-state index in [1.165, 1.54) is 11.9 Å². The number of benzene rings is 1. The van der Waals surface area contributed by atoms with E-state index in [1.54, 1.807) is 48.8 Å². The first-order valence-electron chi connectivity index (χ1n) is 9.46. The molecule has 0 atom stereocenters. The summed E-state index contributed by atoms with van der Waals surface area (Å²) in [6.45, 7) is 1.18. The lowest BCUT2D eigenvalue weighted by Crippen LogP contribution is -2.36. The van der Waals surface area contributed by atoms with E-state index in [4.69, 9.17) is 21.1 Å². The molecule has 0 spiro atoms. The van der Waals surface area contributed by atoms with Crippen molar-refractivity contribution in [2.24, 2.45) is 0 Å². The Bertz CT molecular complexity index is 1070. The molecule has 0 fully saturated rings. The molecule has 1 aliphatic heterocycles. The van der Waals surface area contributed by atoms with Crippen LogP contribution in [-0.4, -0.2) is 41.2 Å². The van der Waals surface area contributed by atoms with Gasteiger partial charge in [-0.05, 0) is 48.3 Å². The highest BCUT2D eigenvalue weighted by Gasteiger charge is 2.21. The first-order valence-corrected chi connectivity index (χ1v) is 10.7. The quantitative estimate of drug-likeness (QED) is 0.537. The summed E-state index contributed by atoms with van der Waals surface area (Å²) in [5.74, 6) is 1.23. The molecule has 1 aliphatic rings. The third-order valence-corrected chi connectivity index (χ3v) is 5.60. The summed E-state index contributed by atoms with van der Waals surface area (Å²) < 4.78 is 14.4. The van der Waals surface area contributed by atoms with Gasteiger partial charge in [-0.3, -0.25) is 4.98 Å². The average Bonchev–Trinajstić information content (AvgIpc) is 3.00. The zero-order valence-corrected chi connectivity index (χ0v) is 18.2. The number of methoxy groups -OCH3 is 1. The first-order chi connectivity index (χ1) is 15.1. The molecule has 0 bridgehead atoms. The summed E-state index contributed by atoms with van der Waals surface area (Å²) in [6.07, 6.45) is 4.95. The standard InChI is InChI=1S/C21H20ClN5O3S/c1-29-18-5-4-15(22)10-19(18)31-26-17-9-14-13-27(7-8-30-20(14)24-12-17)21(28)25-16-3-2-6-23-11-16/h2-6,9-12,26H,7-8,13H2,1H3,(H,25,28). The van der Waals surface area contributed by atoms with Gasteiger partial charge in [-0.25, -0.2) is 9.78 Å². The van der Waals surface area contributed by atoms with Crippen LogP contribution in [-0.2, 0) is 6.54 Å². The van der Waals surface area contributed by atoms with Gasteiger partial charge in [-0.1, -0.05) is 11.6 Å². The second kappa shape index (κ2) is 9.76. The fourth-order valence-electron chi connectivity index (χ4n) is 2.99. The SMILES string of the molecule is COc1ccc(Cl)cc1SNc1cnc2c(c1)CN(C(=O)Nc1cccnc1)CCO2. The molecule has 4 rings (SSSR count). The Morgan fingerprint density at radius 3 is 2.97 bits per heavy atom. The van der Waals surface area contributed by atoms with Crippen LogP contribution >= 0.6 is 23.5 Å². The normalized spacial score (nSPS) is 12.9. The second-order valence-electron chi connectivity index (χ2n) is 6.63. The Morgan fingerprint density at radius 1 is 1.26 bits per heavy atom. The zero-order chi connectivity index (χ0) is 21.6. The molecule has 2 aromatic heterocycles. The summed E-state index contributed by atoms with van der Waals surface area (Å²) in [7, 11) is 1.61. The minimum atomic E-state index is -0.221. The van der Waals surface area contributed by atoms with Crippen molar-refractivity contribution in [3.63, 3.8) is 0 Å². The number of pyridine rings is 2. The van der Waals surface area contributed by atoms with Crippen LogP contribution in [0.5, 0.6) is 11.6 Å². The molecule has 0 aliphatic carbocycles. The molecule has 160 valence electrons. The first kappa shape index (κ1) is 21.1. The van der Waals surface area contributed by atoms with Gasteiger partial charge in [0, 0.05) is 16.8 Å². The van der Waals surface area contributed by atoms with E-state index < -0.39 is 0 Å². The number of urea groups is 1. The Morgan fingerprint density at radius 2 is 2.16 bits per heavy atom. The molecule has 2 amide bonds. The van der Waals surface area contributed by atoms with Crippen LogP contribution in [0.15, 0.2) is 59.9 Å². The monoisotopic (exact) mass is 457 g/mol. The number of nitrogens with one attached hydrogen (secondary N) is 2. The second-order valence-corrected chi connectivity index (χ2v) is 7.91. The number of carbonyl (C=O) groups excluding carboxylic acids is 1. The van der Waals surface area contributed by atoms with E-state index in [0.29, 0.717) is 42.0 Å². The number of hydrogen-bond acceptors (Lipinski definition) is 7. The molecule has 3 aromatic rings. The number of aromatic nitrogens is 2. The molecule has 10 heteroatoms. The van der Waals surface area contributed by atoms with Gasteiger partial charge in [-0.15, -0.1) is 0 Å². The van der Waals surface area contributed by atoms with E-state index in [9.17, 15) is 4.79 Å². The van der Waals surface area contributed by atoms with Crippen LogP contribution in [0.3, 0.4) is 0 Å². The number of rotatable bonds is 5. The molecule has 31 heavy (non-hydrogen) atoms. The molecule has 2 N–H and O–H groups in total. The minimum Gasteiger partial charge on any atom is -0.496 e. The predicted octanol–water partition coefficient (Wildman–Crippen LogP) is 4.68. The topological polar surface area (TPSA) is 88.6 Å². The van der Waals surface area contributed by atoms with Crippen molar-refractivity contribution in [2.45, 2.75) is 11.4 Å². The number of amides is 2. The molecule has 0 saturated heterocycles. The zero-order valence-electron chi connectivity index (χ0n) is 16.7. The van der Waals surface area contributed by atoms with E-state index in [0.717, 1.165) is 16.1 Å². The van der Waals surface area contributed by atoms with Gasteiger partial charge in [0.05, 0.1) is 48.9 Å². The summed E-state index contributed by atoms with van der Waals surface area (Å²) in [6, 6.07) is 10.7. The van der Waals surface area contributed by atoms with Crippen molar-refractivity contribution in [1.82, 2.24) is 14.9 Å². The minimum absolute atomic E-state index is 0.221. The Balaban J connectivity index is 1.46. The van der Waals surface area contributed by atoms with Crippen LogP contribution in [0, 0.1) is 0 Å². The lowest BCUT2D eigenvalue weighted by molar-refractivity contribution is 0.200. The Hall–Kier alpha value is -3.17. The molecule has 0 unspecified atom stereocenters. The largest absolute Gasteiger partial charge is 0.496 e. The molecule has 0 saturated carbocycles. The highest BCUT2D eigenvalue weighted by atomic mass is 35.5. The van der Waals surface area contributed by atoms with Gasteiger partial charge in [0.1, 0.15) is 12.4 Å². The number of anilines is 2. The molecule has 3 heterocycles. The molecule has 1 aromatic carbocycles. The lowest BCUT2D eigenvalue weighted by Gasteiger charge is -2.20. The highest BCUT2D eigenvalue weighted by Crippen LogP contribution is 2.33. The van der Waals surface area contributed by atoms with Crippen molar-refractivity contribution in [3.8, 4) is 11.6 Å². The number of hydrogen-bond donors (Lipinski definition) is 2. The maximum absolute atomic E-state index is 12.7. The van der Waals surface area contributed by atoms with E-state index in [-0.39, 0.29) is 6.03 Å². The number of fused-ring (bicyclic) bond motifs is 1. The summed E-state index contributed by atoms with van der Waals surface area (Å²) in [5, 5.41) is 3.47. The van der Waals surface area contributed by atoms with Crippen LogP contribution in [0.1, 0.15) is 5.56 Å². The van der Waals surface area contributed by atoms with Gasteiger partial charge in [-0.2, -0.15) is 0 Å². The fourth-order valence-corrected chi connectivity index (χ4v) is 4.00. The predicted molar refractivity (Wildman–Crippen MR) is 121 cm³/mol. The summed E-state index contributed by atoms with van der Waals surface area (Å²) >= 11 is 7.46. The third-order valence-electron chi connectivity index (χ3n) is 4.49. The Kier molecular flexibility index (Phi) is 6.63. The molecule has 0 radical (unpaired) electrons. The number of ether oxygens (including phenoxy) is 2. The van der Waals surface area contributed by atoms with Crippen molar-refractivity contribution < 1.29 is 14.3 Å². The summed E-state index contributed by atoms with van der Waals surface area (Å²) in [4.78, 5) is 23.6. The highest BCUT2D eigenvalue weighted by molar-refractivity contribution is 8.00. The van der Waals surface area contributed by atoms with E-state index >= 15 is 0 Å². The van der Waals surface area contributed by atoms with Gasteiger partial charge >= 0.3 is 6.03 Å².